The maximum Gasteiger partial charge on any atom is 0.127 e. The van der Waals surface area contributed by atoms with Crippen molar-refractivity contribution < 1.29 is 4.74 Å². The summed E-state index contributed by atoms with van der Waals surface area (Å²) in [6.45, 7) is 2.34. The highest BCUT2D eigenvalue weighted by Gasteiger charge is 2.21. The fourth-order valence-corrected chi connectivity index (χ4v) is 3.14. The average Bonchev–Trinajstić information content (AvgIpc) is 2.67. The molecule has 0 fully saturated rings. The number of aryl methyl sites for hydroxylation is 1. The minimum atomic E-state index is 0.428. The second-order valence-electron chi connectivity index (χ2n) is 6.00. The van der Waals surface area contributed by atoms with Gasteiger partial charge in [-0.2, -0.15) is 0 Å². The summed E-state index contributed by atoms with van der Waals surface area (Å²) in [6.07, 6.45) is 3.63. The van der Waals surface area contributed by atoms with Crippen LogP contribution in [0.15, 0.2) is 48.5 Å². The zero-order chi connectivity index (χ0) is 14.7. The Kier molecular flexibility index (Phi) is 4.26. The van der Waals surface area contributed by atoms with E-state index in [9.17, 15) is 0 Å². The molecule has 0 aliphatic heterocycles. The third-order valence-electron chi connectivity index (χ3n) is 4.36. The van der Waals surface area contributed by atoms with Gasteiger partial charge in [-0.1, -0.05) is 31.2 Å². The maximum atomic E-state index is 5.98. The van der Waals surface area contributed by atoms with Crippen LogP contribution in [0.2, 0.25) is 0 Å². The van der Waals surface area contributed by atoms with Gasteiger partial charge in [0.15, 0.2) is 0 Å². The van der Waals surface area contributed by atoms with E-state index in [-0.39, 0.29) is 0 Å². The predicted molar refractivity (Wildman–Crippen MR) is 86.9 cm³/mol. The topological polar surface area (TPSA) is 21.3 Å². The third kappa shape index (κ3) is 3.27. The van der Waals surface area contributed by atoms with Gasteiger partial charge >= 0.3 is 0 Å². The Balaban J connectivity index is 1.89. The summed E-state index contributed by atoms with van der Waals surface area (Å²) < 4.78 is 5.98. The number of benzene rings is 2. The summed E-state index contributed by atoms with van der Waals surface area (Å²) in [7, 11) is 2.05. The molecule has 1 aliphatic rings. The molecule has 0 amide bonds. The van der Waals surface area contributed by atoms with Crippen molar-refractivity contribution in [2.45, 2.75) is 32.2 Å². The van der Waals surface area contributed by atoms with Gasteiger partial charge in [-0.3, -0.25) is 0 Å². The molecule has 3 rings (SSSR count). The van der Waals surface area contributed by atoms with Gasteiger partial charge in [0.05, 0.1) is 0 Å². The lowest BCUT2D eigenvalue weighted by molar-refractivity contribution is 0.426. The second-order valence-corrected chi connectivity index (χ2v) is 6.00. The Morgan fingerprint density at radius 1 is 1.05 bits per heavy atom. The summed E-state index contributed by atoms with van der Waals surface area (Å²) >= 11 is 0. The first-order chi connectivity index (χ1) is 10.3. The smallest absolute Gasteiger partial charge is 0.127 e. The van der Waals surface area contributed by atoms with Gasteiger partial charge in [-0.25, -0.2) is 0 Å². The van der Waals surface area contributed by atoms with Gasteiger partial charge in [0.2, 0.25) is 0 Å². The van der Waals surface area contributed by atoms with Gasteiger partial charge in [0, 0.05) is 6.04 Å². The van der Waals surface area contributed by atoms with Crippen molar-refractivity contribution in [2.24, 2.45) is 5.92 Å². The van der Waals surface area contributed by atoms with Crippen LogP contribution in [0.3, 0.4) is 0 Å². The van der Waals surface area contributed by atoms with Gasteiger partial charge in [0.25, 0.3) is 0 Å². The van der Waals surface area contributed by atoms with Crippen molar-refractivity contribution >= 4 is 0 Å². The first kappa shape index (κ1) is 14.2. The predicted octanol–water partition coefficient (Wildman–Crippen LogP) is 4.71. The largest absolute Gasteiger partial charge is 0.457 e. The molecule has 2 nitrogen and oxygen atoms in total. The molecular formula is C19H23NO. The normalized spacial score (nSPS) is 21.4. The molecule has 0 aromatic heterocycles. The number of hydrogen-bond acceptors (Lipinski definition) is 2. The lowest BCUT2D eigenvalue weighted by Crippen LogP contribution is -2.18. The van der Waals surface area contributed by atoms with Gasteiger partial charge in [-0.05, 0) is 67.6 Å². The quantitative estimate of drug-likeness (QED) is 0.822. The Morgan fingerprint density at radius 2 is 1.86 bits per heavy atom. The highest BCUT2D eigenvalue weighted by atomic mass is 16.5. The van der Waals surface area contributed by atoms with E-state index in [0.29, 0.717) is 6.04 Å². The van der Waals surface area contributed by atoms with Crippen molar-refractivity contribution in [3.05, 3.63) is 59.7 Å². The fourth-order valence-electron chi connectivity index (χ4n) is 3.14. The van der Waals surface area contributed by atoms with Gasteiger partial charge in [0.1, 0.15) is 11.5 Å². The molecule has 1 N–H and O–H groups in total. The molecule has 2 aromatic rings. The number of hydrogen-bond donors (Lipinski definition) is 1. The van der Waals surface area contributed by atoms with Crippen LogP contribution in [0.5, 0.6) is 11.5 Å². The van der Waals surface area contributed by atoms with E-state index in [4.69, 9.17) is 4.74 Å². The number of nitrogens with one attached hydrogen (secondary N) is 1. The molecule has 2 aromatic carbocycles. The molecule has 0 saturated carbocycles. The van der Waals surface area contributed by atoms with Crippen LogP contribution < -0.4 is 10.1 Å². The van der Waals surface area contributed by atoms with Crippen LogP contribution in [0.4, 0.5) is 0 Å². The molecule has 0 spiro atoms. The second kappa shape index (κ2) is 6.31. The standard InChI is InChI=1S/C19H23NO/c1-14-8-9-15-10-11-17(13-18(15)19(12-14)20-2)21-16-6-4-3-5-7-16/h3-7,10-11,13-14,19-20H,8-9,12H2,1-2H3. The number of fused-ring (bicyclic) bond motifs is 1. The van der Waals surface area contributed by atoms with Crippen LogP contribution >= 0.6 is 0 Å². The van der Waals surface area contributed by atoms with Crippen molar-refractivity contribution in [1.82, 2.24) is 5.32 Å². The van der Waals surface area contributed by atoms with Crippen molar-refractivity contribution in [2.75, 3.05) is 7.05 Å². The van der Waals surface area contributed by atoms with E-state index in [2.05, 4.69) is 37.5 Å². The molecule has 0 saturated heterocycles. The molecule has 110 valence electrons. The number of rotatable bonds is 3. The number of para-hydroxylation sites is 1. The van der Waals surface area contributed by atoms with Crippen LogP contribution in [-0.4, -0.2) is 7.05 Å². The average molecular weight is 281 g/mol. The first-order valence-electron chi connectivity index (χ1n) is 7.79. The Hall–Kier alpha value is -1.80. The zero-order valence-electron chi connectivity index (χ0n) is 12.8. The molecule has 0 radical (unpaired) electrons. The monoisotopic (exact) mass is 281 g/mol. The van der Waals surface area contributed by atoms with E-state index in [1.54, 1.807) is 0 Å². The van der Waals surface area contributed by atoms with Gasteiger partial charge in [-0.15, -0.1) is 0 Å². The summed E-state index contributed by atoms with van der Waals surface area (Å²) in [4.78, 5) is 0. The minimum absolute atomic E-state index is 0.428. The summed E-state index contributed by atoms with van der Waals surface area (Å²) in [6, 6.07) is 16.9. The molecule has 1 aliphatic carbocycles. The zero-order valence-corrected chi connectivity index (χ0v) is 12.8. The molecule has 0 bridgehead atoms. The van der Waals surface area contributed by atoms with E-state index in [1.807, 2.05) is 30.3 Å². The van der Waals surface area contributed by atoms with Crippen molar-refractivity contribution in [1.29, 1.82) is 0 Å². The van der Waals surface area contributed by atoms with E-state index < -0.39 is 0 Å². The highest BCUT2D eigenvalue weighted by Crippen LogP contribution is 2.34. The first-order valence-corrected chi connectivity index (χ1v) is 7.79. The maximum absolute atomic E-state index is 5.98. The number of ether oxygens (including phenoxy) is 1. The molecule has 2 heteroatoms. The molecule has 2 atom stereocenters. The van der Waals surface area contributed by atoms with E-state index >= 15 is 0 Å². The molecule has 0 heterocycles. The summed E-state index contributed by atoms with van der Waals surface area (Å²) in [5.41, 5.74) is 2.86. The summed E-state index contributed by atoms with van der Waals surface area (Å²) in [5, 5.41) is 3.47. The molecule has 21 heavy (non-hydrogen) atoms. The van der Waals surface area contributed by atoms with Crippen molar-refractivity contribution in [3.63, 3.8) is 0 Å². The Labute approximate surface area is 127 Å². The van der Waals surface area contributed by atoms with Crippen molar-refractivity contribution in [3.8, 4) is 11.5 Å². The van der Waals surface area contributed by atoms with Gasteiger partial charge < -0.3 is 10.1 Å². The Bertz CT molecular complexity index is 594. The van der Waals surface area contributed by atoms with Crippen LogP contribution in [-0.2, 0) is 6.42 Å². The van der Waals surface area contributed by atoms with E-state index in [0.717, 1.165) is 17.4 Å². The van der Waals surface area contributed by atoms with Crippen LogP contribution in [0, 0.1) is 5.92 Å². The minimum Gasteiger partial charge on any atom is -0.457 e. The van der Waals surface area contributed by atoms with E-state index in [1.165, 1.54) is 30.4 Å². The SMILES string of the molecule is CNC1CC(C)CCc2ccc(Oc3ccccc3)cc21. The summed E-state index contributed by atoms with van der Waals surface area (Å²) in [5.74, 6) is 2.57. The third-order valence-corrected chi connectivity index (χ3v) is 4.36. The lowest BCUT2D eigenvalue weighted by atomic mass is 9.97. The van der Waals surface area contributed by atoms with Crippen LogP contribution in [0.25, 0.3) is 0 Å². The molecule has 2 unspecified atom stereocenters. The highest BCUT2D eigenvalue weighted by molar-refractivity contribution is 5.40. The van der Waals surface area contributed by atoms with Crippen LogP contribution in [0.1, 0.15) is 36.9 Å². The fraction of sp³-hybridized carbons (Fsp3) is 0.368. The Morgan fingerprint density at radius 3 is 2.62 bits per heavy atom. The molecular weight excluding hydrogens is 258 g/mol. The lowest BCUT2D eigenvalue weighted by Gasteiger charge is -2.19.